The van der Waals surface area contributed by atoms with E-state index in [1.165, 1.54) is 22.3 Å². The van der Waals surface area contributed by atoms with E-state index in [-0.39, 0.29) is 5.72 Å². The van der Waals surface area contributed by atoms with Gasteiger partial charge >= 0.3 is 0 Å². The summed E-state index contributed by atoms with van der Waals surface area (Å²) in [5.41, 5.74) is 4.89. The van der Waals surface area contributed by atoms with Gasteiger partial charge in [-0.25, -0.2) is 0 Å². The van der Waals surface area contributed by atoms with Crippen molar-refractivity contribution in [3.8, 4) is 11.1 Å². The third-order valence-electron chi connectivity index (χ3n) is 3.97. The SMILES string of the molecule is CC(C)CN1OC12c1ccccc1-c1ccccc12. The van der Waals surface area contributed by atoms with Crippen LogP contribution < -0.4 is 0 Å². The third-order valence-corrected chi connectivity index (χ3v) is 3.97. The predicted molar refractivity (Wildman–Crippen MR) is 75.3 cm³/mol. The summed E-state index contributed by atoms with van der Waals surface area (Å²) in [4.78, 5) is 6.06. The summed E-state index contributed by atoms with van der Waals surface area (Å²) >= 11 is 0. The molecule has 0 saturated carbocycles. The highest BCUT2D eigenvalue weighted by Gasteiger charge is 2.62. The van der Waals surface area contributed by atoms with E-state index in [1.807, 2.05) is 0 Å². The summed E-state index contributed by atoms with van der Waals surface area (Å²) in [6.45, 7) is 5.41. The molecule has 1 aliphatic heterocycles. The molecule has 19 heavy (non-hydrogen) atoms. The molecule has 1 saturated heterocycles. The molecule has 1 atom stereocenters. The molecular formula is C17H17NO. The Hall–Kier alpha value is -1.64. The maximum atomic E-state index is 6.06. The Bertz CT molecular complexity index is 602. The minimum atomic E-state index is -0.308. The largest absolute Gasteiger partial charge is 0.261 e. The quantitative estimate of drug-likeness (QED) is 0.755. The second-order valence-corrected chi connectivity index (χ2v) is 5.78. The lowest BCUT2D eigenvalue weighted by molar-refractivity contribution is 0.180. The summed E-state index contributed by atoms with van der Waals surface area (Å²) in [6, 6.07) is 17.2. The van der Waals surface area contributed by atoms with Crippen molar-refractivity contribution in [2.24, 2.45) is 5.92 Å². The van der Waals surface area contributed by atoms with E-state index < -0.39 is 0 Å². The fraction of sp³-hybridized carbons (Fsp3) is 0.294. The van der Waals surface area contributed by atoms with Gasteiger partial charge in [-0.1, -0.05) is 62.4 Å². The van der Waals surface area contributed by atoms with E-state index in [2.05, 4.69) is 67.4 Å². The number of benzene rings is 2. The van der Waals surface area contributed by atoms with E-state index in [0.717, 1.165) is 6.54 Å². The number of hydroxylamine groups is 2. The molecule has 0 amide bonds. The van der Waals surface area contributed by atoms with Crippen molar-refractivity contribution in [3.05, 3.63) is 59.7 Å². The van der Waals surface area contributed by atoms with Gasteiger partial charge in [0.05, 0.1) is 0 Å². The first kappa shape index (κ1) is 11.2. The molecule has 2 nitrogen and oxygen atoms in total. The van der Waals surface area contributed by atoms with Gasteiger partial charge in [0.1, 0.15) is 0 Å². The molecule has 4 rings (SSSR count). The second kappa shape index (κ2) is 3.69. The average Bonchev–Trinajstić information content (AvgIpc) is 3.04. The number of hydrogen-bond donors (Lipinski definition) is 0. The monoisotopic (exact) mass is 251 g/mol. The summed E-state index contributed by atoms with van der Waals surface area (Å²) in [5.74, 6) is 0.597. The van der Waals surface area contributed by atoms with Gasteiger partial charge in [-0.3, -0.25) is 4.84 Å². The van der Waals surface area contributed by atoms with Gasteiger partial charge in [0, 0.05) is 17.7 Å². The fourth-order valence-electron chi connectivity index (χ4n) is 3.18. The minimum Gasteiger partial charge on any atom is -0.261 e. The van der Waals surface area contributed by atoms with Gasteiger partial charge in [0.25, 0.3) is 0 Å². The van der Waals surface area contributed by atoms with Crippen molar-refractivity contribution >= 4 is 0 Å². The Balaban J connectivity index is 1.89. The zero-order chi connectivity index (χ0) is 13.0. The molecule has 0 bridgehead atoms. The molecule has 1 aliphatic carbocycles. The molecule has 1 heterocycles. The van der Waals surface area contributed by atoms with Gasteiger partial charge in [0.2, 0.25) is 5.72 Å². The highest BCUT2D eigenvalue weighted by Crippen LogP contribution is 2.59. The molecule has 0 N–H and O–H groups in total. The van der Waals surface area contributed by atoms with Crippen LogP contribution in [0.3, 0.4) is 0 Å². The Kier molecular flexibility index (Phi) is 2.17. The van der Waals surface area contributed by atoms with Crippen LogP contribution in [0.5, 0.6) is 0 Å². The highest BCUT2D eigenvalue weighted by atomic mass is 16.9. The normalized spacial score (nSPS) is 21.5. The van der Waals surface area contributed by atoms with E-state index >= 15 is 0 Å². The van der Waals surface area contributed by atoms with E-state index in [9.17, 15) is 0 Å². The summed E-state index contributed by atoms with van der Waals surface area (Å²) in [7, 11) is 0. The molecule has 1 unspecified atom stereocenters. The van der Waals surface area contributed by atoms with Crippen molar-refractivity contribution in [2.45, 2.75) is 19.6 Å². The number of rotatable bonds is 2. The van der Waals surface area contributed by atoms with Gasteiger partial charge in [-0.2, -0.15) is 0 Å². The second-order valence-electron chi connectivity index (χ2n) is 5.78. The van der Waals surface area contributed by atoms with Crippen molar-refractivity contribution < 1.29 is 4.84 Å². The van der Waals surface area contributed by atoms with Crippen LogP contribution in [0.15, 0.2) is 48.5 Å². The lowest BCUT2D eigenvalue weighted by atomic mass is 10.0. The lowest BCUT2D eigenvalue weighted by Crippen LogP contribution is -2.18. The average molecular weight is 251 g/mol. The Labute approximate surface area is 113 Å². The van der Waals surface area contributed by atoms with Crippen LogP contribution in [0.1, 0.15) is 25.0 Å². The molecule has 2 aromatic rings. The van der Waals surface area contributed by atoms with Crippen LogP contribution in [-0.2, 0) is 10.6 Å². The smallest absolute Gasteiger partial charge is 0.216 e. The first-order chi connectivity index (χ1) is 9.23. The number of nitrogens with zero attached hydrogens (tertiary/aromatic N) is 1. The van der Waals surface area contributed by atoms with Crippen LogP contribution >= 0.6 is 0 Å². The van der Waals surface area contributed by atoms with E-state index in [0.29, 0.717) is 5.92 Å². The van der Waals surface area contributed by atoms with Crippen molar-refractivity contribution in [2.75, 3.05) is 6.54 Å². The molecule has 2 aromatic carbocycles. The first-order valence-corrected chi connectivity index (χ1v) is 6.89. The van der Waals surface area contributed by atoms with Crippen molar-refractivity contribution in [1.82, 2.24) is 5.06 Å². The molecule has 0 radical (unpaired) electrons. The molecule has 1 fully saturated rings. The zero-order valence-corrected chi connectivity index (χ0v) is 11.3. The first-order valence-electron chi connectivity index (χ1n) is 6.89. The lowest BCUT2D eigenvalue weighted by Gasteiger charge is -2.09. The van der Waals surface area contributed by atoms with Crippen LogP contribution in [0, 0.1) is 5.92 Å². The van der Waals surface area contributed by atoms with Crippen LogP contribution in [0.2, 0.25) is 0 Å². The van der Waals surface area contributed by atoms with Gasteiger partial charge in [0.15, 0.2) is 0 Å². The van der Waals surface area contributed by atoms with Gasteiger partial charge in [-0.05, 0) is 17.0 Å². The Morgan fingerprint density at radius 2 is 1.47 bits per heavy atom. The molecule has 2 heteroatoms. The topological polar surface area (TPSA) is 15.5 Å². The third kappa shape index (κ3) is 1.38. The predicted octanol–water partition coefficient (Wildman–Crippen LogP) is 3.77. The van der Waals surface area contributed by atoms with Crippen LogP contribution in [-0.4, -0.2) is 11.6 Å². The van der Waals surface area contributed by atoms with Crippen LogP contribution in [0.25, 0.3) is 11.1 Å². The standard InChI is InChI=1S/C17H17NO/c1-12(2)11-18-17(19-18)15-9-5-3-7-13(15)14-8-4-6-10-16(14)17/h3-10,12H,11H2,1-2H3. The minimum absolute atomic E-state index is 0.308. The van der Waals surface area contributed by atoms with E-state index in [1.54, 1.807) is 0 Å². The molecule has 2 aliphatic rings. The fourth-order valence-corrected chi connectivity index (χ4v) is 3.18. The molecule has 0 aromatic heterocycles. The molecule has 1 spiro atoms. The maximum absolute atomic E-state index is 6.06. The van der Waals surface area contributed by atoms with Gasteiger partial charge in [-0.15, -0.1) is 5.06 Å². The van der Waals surface area contributed by atoms with E-state index in [4.69, 9.17) is 4.84 Å². The number of fused-ring (bicyclic) bond motifs is 5. The molecular weight excluding hydrogens is 234 g/mol. The Morgan fingerprint density at radius 3 is 2.00 bits per heavy atom. The van der Waals surface area contributed by atoms with Gasteiger partial charge < -0.3 is 0 Å². The molecule has 96 valence electrons. The summed E-state index contributed by atoms with van der Waals surface area (Å²) in [6.07, 6.45) is 0. The maximum Gasteiger partial charge on any atom is 0.216 e. The highest BCUT2D eigenvalue weighted by molar-refractivity contribution is 5.80. The van der Waals surface area contributed by atoms with Crippen LogP contribution in [0.4, 0.5) is 0 Å². The number of hydrogen-bond acceptors (Lipinski definition) is 2. The summed E-state index contributed by atoms with van der Waals surface area (Å²) < 4.78 is 0. The summed E-state index contributed by atoms with van der Waals surface area (Å²) in [5, 5.41) is 2.13. The Morgan fingerprint density at radius 1 is 0.947 bits per heavy atom. The van der Waals surface area contributed by atoms with Crippen molar-refractivity contribution in [3.63, 3.8) is 0 Å². The zero-order valence-electron chi connectivity index (χ0n) is 11.3. The van der Waals surface area contributed by atoms with Crippen molar-refractivity contribution in [1.29, 1.82) is 0 Å².